The van der Waals surface area contributed by atoms with E-state index in [1.165, 1.54) is 10.4 Å². The SMILES string of the molecule is CNCc1csc(-c2cnn(C)n2)c1. The van der Waals surface area contributed by atoms with Crippen LogP contribution in [0.25, 0.3) is 10.6 Å². The zero-order valence-corrected chi connectivity index (χ0v) is 9.01. The molecule has 0 bridgehead atoms. The van der Waals surface area contributed by atoms with Gasteiger partial charge in [0.2, 0.25) is 0 Å². The predicted molar refractivity (Wildman–Crippen MR) is 57.1 cm³/mol. The number of rotatable bonds is 3. The second kappa shape index (κ2) is 3.89. The molecule has 2 aromatic rings. The van der Waals surface area contributed by atoms with Gasteiger partial charge in [0.15, 0.2) is 0 Å². The molecule has 0 amide bonds. The first-order chi connectivity index (χ1) is 6.79. The molecule has 0 spiro atoms. The monoisotopic (exact) mass is 208 g/mol. The number of hydrogen-bond donors (Lipinski definition) is 1. The molecule has 0 unspecified atom stereocenters. The fourth-order valence-electron chi connectivity index (χ4n) is 1.27. The topological polar surface area (TPSA) is 42.7 Å². The van der Waals surface area contributed by atoms with Crippen molar-refractivity contribution in [3.63, 3.8) is 0 Å². The zero-order chi connectivity index (χ0) is 9.97. The molecule has 4 nitrogen and oxygen atoms in total. The molecule has 0 radical (unpaired) electrons. The Morgan fingerprint density at radius 1 is 1.57 bits per heavy atom. The molecular formula is C9H12N4S. The van der Waals surface area contributed by atoms with Crippen LogP contribution in [0.5, 0.6) is 0 Å². The molecule has 0 saturated carbocycles. The minimum absolute atomic E-state index is 0.900. The van der Waals surface area contributed by atoms with Crippen LogP contribution in [0, 0.1) is 0 Å². The van der Waals surface area contributed by atoms with Crippen molar-refractivity contribution in [2.24, 2.45) is 7.05 Å². The average molecular weight is 208 g/mol. The van der Waals surface area contributed by atoms with Gasteiger partial charge in [0, 0.05) is 13.6 Å². The minimum atomic E-state index is 0.900. The van der Waals surface area contributed by atoms with Crippen molar-refractivity contribution in [3.05, 3.63) is 23.2 Å². The molecule has 1 N–H and O–H groups in total. The molecule has 74 valence electrons. The summed E-state index contributed by atoms with van der Waals surface area (Å²) in [7, 11) is 3.77. The van der Waals surface area contributed by atoms with Gasteiger partial charge in [0.05, 0.1) is 11.1 Å². The Morgan fingerprint density at radius 3 is 3.07 bits per heavy atom. The smallest absolute Gasteiger partial charge is 0.122 e. The molecule has 0 saturated heterocycles. The molecule has 0 aliphatic carbocycles. The highest BCUT2D eigenvalue weighted by molar-refractivity contribution is 7.13. The van der Waals surface area contributed by atoms with Gasteiger partial charge in [0.25, 0.3) is 0 Å². The van der Waals surface area contributed by atoms with Crippen LogP contribution in [-0.2, 0) is 13.6 Å². The van der Waals surface area contributed by atoms with E-state index < -0.39 is 0 Å². The summed E-state index contributed by atoms with van der Waals surface area (Å²) in [5.41, 5.74) is 2.23. The predicted octanol–water partition coefficient (Wildman–Crippen LogP) is 1.26. The first kappa shape index (κ1) is 9.36. The maximum atomic E-state index is 4.25. The lowest BCUT2D eigenvalue weighted by Gasteiger charge is -1.91. The van der Waals surface area contributed by atoms with Gasteiger partial charge in [-0.2, -0.15) is 15.0 Å². The van der Waals surface area contributed by atoms with Crippen molar-refractivity contribution in [2.45, 2.75) is 6.54 Å². The lowest BCUT2D eigenvalue weighted by atomic mass is 10.3. The summed E-state index contributed by atoms with van der Waals surface area (Å²) in [6, 6.07) is 2.14. The summed E-state index contributed by atoms with van der Waals surface area (Å²) in [6.45, 7) is 0.900. The number of aromatic nitrogens is 3. The van der Waals surface area contributed by atoms with E-state index in [-0.39, 0.29) is 0 Å². The molecule has 2 rings (SSSR count). The first-order valence-electron chi connectivity index (χ1n) is 4.38. The molecule has 0 aliphatic heterocycles. The number of nitrogens with one attached hydrogen (secondary N) is 1. The van der Waals surface area contributed by atoms with Gasteiger partial charge in [-0.15, -0.1) is 11.3 Å². The Morgan fingerprint density at radius 2 is 2.43 bits per heavy atom. The largest absolute Gasteiger partial charge is 0.316 e. The summed E-state index contributed by atoms with van der Waals surface area (Å²) in [4.78, 5) is 2.75. The first-order valence-corrected chi connectivity index (χ1v) is 5.26. The Labute approximate surface area is 86.6 Å². The van der Waals surface area contributed by atoms with Gasteiger partial charge in [-0.05, 0) is 24.1 Å². The van der Waals surface area contributed by atoms with Crippen LogP contribution in [0.2, 0.25) is 0 Å². The highest BCUT2D eigenvalue weighted by Crippen LogP contribution is 2.24. The van der Waals surface area contributed by atoms with Crippen molar-refractivity contribution in [2.75, 3.05) is 7.05 Å². The van der Waals surface area contributed by atoms with E-state index in [4.69, 9.17) is 0 Å². The fourth-order valence-corrected chi connectivity index (χ4v) is 2.13. The Kier molecular flexibility index (Phi) is 2.60. The van der Waals surface area contributed by atoms with Crippen LogP contribution in [0.1, 0.15) is 5.56 Å². The van der Waals surface area contributed by atoms with Crippen molar-refractivity contribution < 1.29 is 0 Å². The van der Waals surface area contributed by atoms with Crippen LogP contribution in [0.15, 0.2) is 17.6 Å². The summed E-state index contributed by atoms with van der Waals surface area (Å²) < 4.78 is 0. The molecule has 0 atom stereocenters. The molecule has 2 heterocycles. The van der Waals surface area contributed by atoms with E-state index in [9.17, 15) is 0 Å². The lowest BCUT2D eigenvalue weighted by Crippen LogP contribution is -2.03. The van der Waals surface area contributed by atoms with Gasteiger partial charge in [-0.3, -0.25) is 0 Å². The summed E-state index contributed by atoms with van der Waals surface area (Å²) in [5.74, 6) is 0. The summed E-state index contributed by atoms with van der Waals surface area (Å²) >= 11 is 1.70. The van der Waals surface area contributed by atoms with E-state index in [0.29, 0.717) is 0 Å². The molecule has 2 aromatic heterocycles. The van der Waals surface area contributed by atoms with Crippen LogP contribution >= 0.6 is 11.3 Å². The van der Waals surface area contributed by atoms with E-state index in [1.807, 2.05) is 14.1 Å². The molecule has 14 heavy (non-hydrogen) atoms. The molecular weight excluding hydrogens is 196 g/mol. The normalized spacial score (nSPS) is 10.7. The van der Waals surface area contributed by atoms with Gasteiger partial charge < -0.3 is 5.32 Å². The van der Waals surface area contributed by atoms with Crippen molar-refractivity contribution in [1.82, 2.24) is 20.3 Å². The number of hydrogen-bond acceptors (Lipinski definition) is 4. The third kappa shape index (κ3) is 1.83. The quantitative estimate of drug-likeness (QED) is 0.826. The molecule has 0 fully saturated rings. The highest BCUT2D eigenvalue weighted by Gasteiger charge is 2.05. The maximum Gasteiger partial charge on any atom is 0.122 e. The molecule has 5 heteroatoms. The fraction of sp³-hybridized carbons (Fsp3) is 0.333. The third-order valence-electron chi connectivity index (χ3n) is 1.89. The van der Waals surface area contributed by atoms with Crippen molar-refractivity contribution in [3.8, 4) is 10.6 Å². The minimum Gasteiger partial charge on any atom is -0.316 e. The number of thiophene rings is 1. The third-order valence-corrected chi connectivity index (χ3v) is 2.89. The summed E-state index contributed by atoms with van der Waals surface area (Å²) in [5, 5.41) is 13.6. The Bertz CT molecular complexity index is 418. The maximum absolute atomic E-state index is 4.25. The second-order valence-corrected chi connectivity index (χ2v) is 3.98. The van der Waals surface area contributed by atoms with E-state index in [1.54, 1.807) is 22.3 Å². The Hall–Kier alpha value is -1.20. The van der Waals surface area contributed by atoms with Crippen LogP contribution in [-0.4, -0.2) is 22.0 Å². The standard InChI is InChI=1S/C9H12N4S/c1-10-4-7-3-9(14-6-7)8-5-11-13(2)12-8/h3,5-6,10H,4H2,1-2H3. The van der Waals surface area contributed by atoms with Gasteiger partial charge in [-0.1, -0.05) is 0 Å². The van der Waals surface area contributed by atoms with Crippen molar-refractivity contribution in [1.29, 1.82) is 0 Å². The number of nitrogens with zero attached hydrogens (tertiary/aromatic N) is 3. The lowest BCUT2D eigenvalue weighted by molar-refractivity contribution is 0.655. The molecule has 0 aliphatic rings. The van der Waals surface area contributed by atoms with Gasteiger partial charge >= 0.3 is 0 Å². The van der Waals surface area contributed by atoms with Crippen LogP contribution in [0.4, 0.5) is 0 Å². The van der Waals surface area contributed by atoms with Gasteiger partial charge in [-0.25, -0.2) is 0 Å². The highest BCUT2D eigenvalue weighted by atomic mass is 32.1. The van der Waals surface area contributed by atoms with Crippen LogP contribution in [0.3, 0.4) is 0 Å². The van der Waals surface area contributed by atoms with E-state index in [2.05, 4.69) is 27.0 Å². The average Bonchev–Trinajstić information content (AvgIpc) is 2.74. The summed E-state index contributed by atoms with van der Waals surface area (Å²) in [6.07, 6.45) is 1.79. The van der Waals surface area contributed by atoms with Crippen molar-refractivity contribution >= 4 is 11.3 Å². The van der Waals surface area contributed by atoms with Crippen LogP contribution < -0.4 is 5.32 Å². The van der Waals surface area contributed by atoms with Gasteiger partial charge in [0.1, 0.15) is 5.69 Å². The Balaban J connectivity index is 2.24. The van der Waals surface area contributed by atoms with E-state index >= 15 is 0 Å². The van der Waals surface area contributed by atoms with E-state index in [0.717, 1.165) is 12.2 Å². The number of aryl methyl sites for hydroxylation is 1. The second-order valence-electron chi connectivity index (χ2n) is 3.07. The molecule has 0 aromatic carbocycles. The zero-order valence-electron chi connectivity index (χ0n) is 8.19.